The standard InChI is InChI=1S/C14H19NO3S/c16-14(17)13-11-4-8-19-12(11)1-5-15(13)9-10-2-6-18-7-3-10/h4,8,10,13H,1-3,5-7,9H2,(H,16,17). The number of thiophene rings is 1. The molecule has 1 saturated heterocycles. The molecule has 0 radical (unpaired) electrons. The van der Waals surface area contributed by atoms with Crippen LogP contribution < -0.4 is 0 Å². The highest BCUT2D eigenvalue weighted by Gasteiger charge is 2.34. The number of hydrogen-bond donors (Lipinski definition) is 1. The van der Waals surface area contributed by atoms with Crippen LogP contribution in [0.2, 0.25) is 0 Å². The van der Waals surface area contributed by atoms with Crippen LogP contribution in [0.5, 0.6) is 0 Å². The molecule has 0 aliphatic carbocycles. The molecule has 3 heterocycles. The summed E-state index contributed by atoms with van der Waals surface area (Å²) >= 11 is 1.68. The maximum Gasteiger partial charge on any atom is 0.325 e. The number of carbonyl (C=O) groups is 1. The molecule has 1 N–H and O–H groups in total. The number of hydrogen-bond acceptors (Lipinski definition) is 4. The maximum atomic E-state index is 11.6. The molecule has 0 amide bonds. The zero-order valence-electron chi connectivity index (χ0n) is 10.9. The van der Waals surface area contributed by atoms with E-state index in [9.17, 15) is 9.90 Å². The predicted octanol–water partition coefficient (Wildman–Crippen LogP) is 2.16. The van der Waals surface area contributed by atoms with E-state index in [2.05, 4.69) is 4.90 Å². The molecule has 19 heavy (non-hydrogen) atoms. The molecular formula is C14H19NO3S. The Hall–Kier alpha value is -0.910. The first-order chi connectivity index (χ1) is 9.25. The molecule has 1 unspecified atom stereocenters. The van der Waals surface area contributed by atoms with E-state index in [0.717, 1.165) is 51.1 Å². The van der Waals surface area contributed by atoms with Crippen LogP contribution in [-0.2, 0) is 16.0 Å². The lowest BCUT2D eigenvalue weighted by Gasteiger charge is -2.36. The molecule has 0 spiro atoms. The number of nitrogens with zero attached hydrogens (tertiary/aromatic N) is 1. The third-order valence-electron chi connectivity index (χ3n) is 4.13. The van der Waals surface area contributed by atoms with E-state index in [1.165, 1.54) is 4.88 Å². The summed E-state index contributed by atoms with van der Waals surface area (Å²) in [7, 11) is 0. The van der Waals surface area contributed by atoms with Gasteiger partial charge in [-0.25, -0.2) is 0 Å². The van der Waals surface area contributed by atoms with Gasteiger partial charge in [-0.05, 0) is 42.2 Å². The van der Waals surface area contributed by atoms with Gasteiger partial charge in [0.05, 0.1) is 0 Å². The van der Waals surface area contributed by atoms with E-state index in [-0.39, 0.29) is 0 Å². The Morgan fingerprint density at radius 1 is 1.47 bits per heavy atom. The number of carboxylic acid groups (broad SMARTS) is 1. The largest absolute Gasteiger partial charge is 0.480 e. The monoisotopic (exact) mass is 281 g/mol. The Bertz CT molecular complexity index is 453. The van der Waals surface area contributed by atoms with Crippen LogP contribution in [0, 0.1) is 5.92 Å². The van der Waals surface area contributed by atoms with Gasteiger partial charge in [-0.2, -0.15) is 0 Å². The fraction of sp³-hybridized carbons (Fsp3) is 0.643. The molecule has 5 heteroatoms. The fourth-order valence-corrected chi connectivity index (χ4v) is 4.02. The van der Waals surface area contributed by atoms with E-state index in [1.54, 1.807) is 11.3 Å². The molecule has 4 nitrogen and oxygen atoms in total. The third-order valence-corrected chi connectivity index (χ3v) is 5.13. The lowest BCUT2D eigenvalue weighted by Crippen LogP contribution is -2.42. The van der Waals surface area contributed by atoms with Gasteiger partial charge in [0.25, 0.3) is 0 Å². The van der Waals surface area contributed by atoms with Crippen molar-refractivity contribution in [2.24, 2.45) is 5.92 Å². The average Bonchev–Trinajstić information content (AvgIpc) is 2.87. The molecular weight excluding hydrogens is 262 g/mol. The maximum absolute atomic E-state index is 11.6. The van der Waals surface area contributed by atoms with Crippen molar-refractivity contribution in [3.05, 3.63) is 21.9 Å². The number of fused-ring (bicyclic) bond motifs is 1. The van der Waals surface area contributed by atoms with Crippen LogP contribution in [0.25, 0.3) is 0 Å². The normalized spacial score (nSPS) is 25.2. The highest BCUT2D eigenvalue weighted by Crippen LogP contribution is 2.34. The van der Waals surface area contributed by atoms with Gasteiger partial charge in [0.2, 0.25) is 0 Å². The lowest BCUT2D eigenvalue weighted by molar-refractivity contribution is -0.144. The summed E-state index contributed by atoms with van der Waals surface area (Å²) in [6, 6.07) is 1.53. The summed E-state index contributed by atoms with van der Waals surface area (Å²) in [4.78, 5) is 15.0. The number of ether oxygens (including phenoxy) is 1. The summed E-state index contributed by atoms with van der Waals surface area (Å²) in [6.07, 6.45) is 3.10. The number of aliphatic carboxylic acids is 1. The Labute approximate surface area is 117 Å². The Kier molecular flexibility index (Phi) is 3.86. The first kappa shape index (κ1) is 13.1. The molecule has 1 atom stereocenters. The second-order valence-corrected chi connectivity index (χ2v) is 6.34. The second-order valence-electron chi connectivity index (χ2n) is 5.34. The molecule has 2 aliphatic rings. The van der Waals surface area contributed by atoms with Crippen molar-refractivity contribution in [2.75, 3.05) is 26.3 Å². The van der Waals surface area contributed by atoms with Crippen molar-refractivity contribution in [1.29, 1.82) is 0 Å². The summed E-state index contributed by atoms with van der Waals surface area (Å²) < 4.78 is 5.37. The van der Waals surface area contributed by atoms with Crippen LogP contribution in [0.4, 0.5) is 0 Å². The van der Waals surface area contributed by atoms with Crippen LogP contribution in [0.3, 0.4) is 0 Å². The zero-order chi connectivity index (χ0) is 13.2. The minimum Gasteiger partial charge on any atom is -0.480 e. The SMILES string of the molecule is O=C(O)C1c2ccsc2CCN1CC1CCOCC1. The van der Waals surface area contributed by atoms with Crippen molar-refractivity contribution in [1.82, 2.24) is 4.90 Å². The summed E-state index contributed by atoms with van der Waals surface area (Å²) in [6.45, 7) is 3.39. The smallest absolute Gasteiger partial charge is 0.325 e. The van der Waals surface area contributed by atoms with Crippen LogP contribution >= 0.6 is 11.3 Å². The summed E-state index contributed by atoms with van der Waals surface area (Å²) in [5.74, 6) is -0.137. The van der Waals surface area contributed by atoms with E-state index < -0.39 is 12.0 Å². The minimum absolute atomic E-state index is 0.446. The van der Waals surface area contributed by atoms with Gasteiger partial charge in [0.1, 0.15) is 6.04 Å². The summed E-state index contributed by atoms with van der Waals surface area (Å²) in [5, 5.41) is 11.6. The number of rotatable bonds is 3. The lowest BCUT2D eigenvalue weighted by atomic mass is 9.95. The molecule has 104 valence electrons. The van der Waals surface area contributed by atoms with Gasteiger partial charge in [-0.1, -0.05) is 0 Å². The van der Waals surface area contributed by atoms with E-state index >= 15 is 0 Å². The topological polar surface area (TPSA) is 49.8 Å². The van der Waals surface area contributed by atoms with Crippen molar-refractivity contribution in [2.45, 2.75) is 25.3 Å². The van der Waals surface area contributed by atoms with Gasteiger partial charge < -0.3 is 9.84 Å². The first-order valence-electron chi connectivity index (χ1n) is 6.86. The van der Waals surface area contributed by atoms with Gasteiger partial charge in [-0.15, -0.1) is 11.3 Å². The molecule has 1 aromatic rings. The Morgan fingerprint density at radius 3 is 3.00 bits per heavy atom. The highest BCUT2D eigenvalue weighted by molar-refractivity contribution is 7.10. The van der Waals surface area contributed by atoms with Gasteiger partial charge in [-0.3, -0.25) is 9.69 Å². The van der Waals surface area contributed by atoms with Crippen molar-refractivity contribution in [3.63, 3.8) is 0 Å². The molecule has 1 fully saturated rings. The predicted molar refractivity (Wildman–Crippen MR) is 73.5 cm³/mol. The fourth-order valence-electron chi connectivity index (χ4n) is 3.11. The van der Waals surface area contributed by atoms with E-state index in [0.29, 0.717) is 5.92 Å². The van der Waals surface area contributed by atoms with Gasteiger partial charge >= 0.3 is 5.97 Å². The van der Waals surface area contributed by atoms with Crippen molar-refractivity contribution >= 4 is 17.3 Å². The van der Waals surface area contributed by atoms with Crippen molar-refractivity contribution < 1.29 is 14.6 Å². The zero-order valence-corrected chi connectivity index (χ0v) is 11.7. The quantitative estimate of drug-likeness (QED) is 0.922. The van der Waals surface area contributed by atoms with E-state index in [1.807, 2.05) is 11.4 Å². The number of carboxylic acids is 1. The van der Waals surface area contributed by atoms with Gasteiger partial charge in [0.15, 0.2) is 0 Å². The molecule has 1 aromatic heterocycles. The van der Waals surface area contributed by atoms with Crippen LogP contribution in [0.15, 0.2) is 11.4 Å². The molecule has 2 aliphatic heterocycles. The highest BCUT2D eigenvalue weighted by atomic mass is 32.1. The molecule has 3 rings (SSSR count). The molecule has 0 bridgehead atoms. The van der Waals surface area contributed by atoms with Crippen LogP contribution in [-0.4, -0.2) is 42.3 Å². The van der Waals surface area contributed by atoms with Crippen LogP contribution in [0.1, 0.15) is 29.3 Å². The second kappa shape index (κ2) is 5.61. The van der Waals surface area contributed by atoms with Gasteiger partial charge in [0, 0.05) is 31.2 Å². The van der Waals surface area contributed by atoms with E-state index in [4.69, 9.17) is 4.74 Å². The molecule has 0 saturated carbocycles. The Morgan fingerprint density at radius 2 is 2.26 bits per heavy atom. The van der Waals surface area contributed by atoms with Crippen molar-refractivity contribution in [3.8, 4) is 0 Å². The summed E-state index contributed by atoms with van der Waals surface area (Å²) in [5.41, 5.74) is 1.01. The molecule has 0 aromatic carbocycles. The minimum atomic E-state index is -0.716. The Balaban J connectivity index is 1.75. The average molecular weight is 281 g/mol. The third kappa shape index (κ3) is 2.68. The first-order valence-corrected chi connectivity index (χ1v) is 7.74.